The number of fused-ring (bicyclic) bond motifs is 2. The summed E-state index contributed by atoms with van der Waals surface area (Å²) in [5, 5.41) is 4.46. The Bertz CT molecular complexity index is 1450. The maximum atomic E-state index is 13.0. The summed E-state index contributed by atoms with van der Waals surface area (Å²) < 4.78 is 22.9. The van der Waals surface area contributed by atoms with Crippen LogP contribution in [0.15, 0.2) is 54.6 Å². The number of hydrogen-bond donors (Lipinski definition) is 1. The van der Waals surface area contributed by atoms with Gasteiger partial charge in [-0.05, 0) is 79.4 Å². The van der Waals surface area contributed by atoms with Crippen molar-refractivity contribution >= 4 is 41.0 Å². The van der Waals surface area contributed by atoms with E-state index in [1.165, 1.54) is 12.0 Å². The van der Waals surface area contributed by atoms with Crippen molar-refractivity contribution in [3.05, 3.63) is 86.9 Å². The van der Waals surface area contributed by atoms with Gasteiger partial charge in [0.05, 0.1) is 35.9 Å². The van der Waals surface area contributed by atoms with E-state index in [0.717, 1.165) is 33.7 Å². The van der Waals surface area contributed by atoms with E-state index in [9.17, 15) is 9.59 Å². The predicted octanol–water partition coefficient (Wildman–Crippen LogP) is 6.95. The Labute approximate surface area is 249 Å². The van der Waals surface area contributed by atoms with E-state index in [0.29, 0.717) is 35.4 Å². The number of ether oxygens (including phenoxy) is 4. The molecule has 0 bridgehead atoms. The van der Waals surface area contributed by atoms with Crippen molar-refractivity contribution in [1.82, 2.24) is 4.90 Å². The topological polar surface area (TPSA) is 86.3 Å². The number of nitrogens with one attached hydrogen (secondary N) is 1. The minimum atomic E-state index is -0.768. The lowest BCUT2D eigenvalue weighted by molar-refractivity contribution is -0.147. The summed E-state index contributed by atoms with van der Waals surface area (Å²) in [6, 6.07) is 16.3. The summed E-state index contributed by atoms with van der Waals surface area (Å²) in [6.07, 6.45) is -0.462. The highest BCUT2D eigenvalue weighted by Crippen LogP contribution is 2.39. The molecule has 0 saturated heterocycles. The lowest BCUT2D eigenvalue weighted by Gasteiger charge is -2.37. The van der Waals surface area contributed by atoms with Crippen LogP contribution in [0.4, 0.5) is 10.5 Å². The number of nitrogens with zero attached hydrogens (tertiary/aromatic N) is 1. The maximum absolute atomic E-state index is 13.0. The van der Waals surface area contributed by atoms with Crippen molar-refractivity contribution < 1.29 is 28.5 Å². The van der Waals surface area contributed by atoms with Crippen LogP contribution in [-0.2, 0) is 33.8 Å². The van der Waals surface area contributed by atoms with Gasteiger partial charge in [0.15, 0.2) is 0 Å². The van der Waals surface area contributed by atoms with Gasteiger partial charge in [-0.2, -0.15) is 0 Å². The molecule has 2 atom stereocenters. The van der Waals surface area contributed by atoms with Crippen LogP contribution < -0.4 is 14.8 Å². The average molecular weight is 600 g/mol. The van der Waals surface area contributed by atoms with Crippen LogP contribution in [0.2, 0.25) is 10.0 Å². The van der Waals surface area contributed by atoms with Crippen LogP contribution in [0.3, 0.4) is 0 Å². The third-order valence-corrected chi connectivity index (χ3v) is 7.66. The van der Waals surface area contributed by atoms with Crippen molar-refractivity contribution in [2.45, 2.75) is 58.1 Å². The molecule has 2 heterocycles. The Balaban J connectivity index is 1.29. The van der Waals surface area contributed by atoms with E-state index in [4.69, 9.17) is 42.1 Å². The van der Waals surface area contributed by atoms with Crippen molar-refractivity contribution in [3.8, 4) is 11.5 Å². The molecule has 5 rings (SSSR count). The number of hydrogen-bond acceptors (Lipinski definition) is 7. The van der Waals surface area contributed by atoms with Gasteiger partial charge in [0.2, 0.25) is 0 Å². The molecule has 1 N–H and O–H groups in total. The second-order valence-electron chi connectivity index (χ2n) is 11.1. The molecule has 216 valence electrons. The smallest absolute Gasteiger partial charge is 0.411 e. The minimum absolute atomic E-state index is 0.205. The van der Waals surface area contributed by atoms with E-state index in [-0.39, 0.29) is 12.6 Å². The van der Waals surface area contributed by atoms with Crippen molar-refractivity contribution in [2.24, 2.45) is 0 Å². The number of carbonyl (C=O) groups is 2. The van der Waals surface area contributed by atoms with Gasteiger partial charge >= 0.3 is 12.1 Å². The molecule has 41 heavy (non-hydrogen) atoms. The van der Waals surface area contributed by atoms with E-state index in [1.807, 2.05) is 42.5 Å². The van der Waals surface area contributed by atoms with Crippen LogP contribution in [0.5, 0.6) is 11.5 Å². The quantitative estimate of drug-likeness (QED) is 0.318. The van der Waals surface area contributed by atoms with Gasteiger partial charge in [-0.1, -0.05) is 41.4 Å². The molecule has 10 heteroatoms. The molecule has 0 fully saturated rings. The fourth-order valence-corrected chi connectivity index (χ4v) is 5.19. The molecule has 2 aliphatic rings. The van der Waals surface area contributed by atoms with E-state index in [1.54, 1.807) is 32.9 Å². The standard InChI is InChI=1S/C31H32Cl2N2O6/c1-31(2,3)41-30(37)35-16-21-14-27-25(12-20(21)13-26(35)29(36)38-4)34-15-28(40-27)19-6-8-22(9-7-19)39-17-18-5-10-23(32)24(33)11-18/h5-12,14,26,28,34H,13,15-17H2,1-4H3. The zero-order valence-electron chi connectivity index (χ0n) is 23.3. The molecule has 3 aromatic rings. The number of carbonyl (C=O) groups excluding carboxylic acids is 2. The molecule has 2 unspecified atom stereocenters. The van der Waals surface area contributed by atoms with Crippen LogP contribution in [-0.4, -0.2) is 42.3 Å². The fourth-order valence-electron chi connectivity index (χ4n) is 4.87. The molecule has 1 amide bonds. The van der Waals surface area contributed by atoms with Crippen LogP contribution in [0, 0.1) is 0 Å². The number of methoxy groups -OCH3 is 1. The van der Waals surface area contributed by atoms with Crippen LogP contribution in [0.1, 0.15) is 49.1 Å². The lowest BCUT2D eigenvalue weighted by atomic mass is 9.92. The van der Waals surface area contributed by atoms with Gasteiger partial charge in [0.1, 0.15) is 35.9 Å². The average Bonchev–Trinajstić information content (AvgIpc) is 2.94. The number of benzene rings is 3. The number of esters is 1. The maximum Gasteiger partial charge on any atom is 0.411 e. The zero-order chi connectivity index (χ0) is 29.3. The van der Waals surface area contributed by atoms with Gasteiger partial charge < -0.3 is 24.3 Å². The molecule has 0 radical (unpaired) electrons. The molecular formula is C31H32Cl2N2O6. The molecule has 0 aliphatic carbocycles. The fraction of sp³-hybridized carbons (Fsp3) is 0.355. The van der Waals surface area contributed by atoms with Crippen LogP contribution >= 0.6 is 23.2 Å². The Hall–Kier alpha value is -3.62. The van der Waals surface area contributed by atoms with Crippen LogP contribution in [0.25, 0.3) is 0 Å². The van der Waals surface area contributed by atoms with E-state index in [2.05, 4.69) is 5.32 Å². The summed E-state index contributed by atoms with van der Waals surface area (Å²) >= 11 is 12.1. The van der Waals surface area contributed by atoms with Gasteiger partial charge in [-0.3, -0.25) is 4.90 Å². The highest BCUT2D eigenvalue weighted by molar-refractivity contribution is 6.42. The summed E-state index contributed by atoms with van der Waals surface area (Å²) in [4.78, 5) is 27.0. The number of halogens is 2. The largest absolute Gasteiger partial charge is 0.489 e. The van der Waals surface area contributed by atoms with Crippen molar-refractivity contribution in [1.29, 1.82) is 0 Å². The molecule has 3 aromatic carbocycles. The Morgan fingerprint density at radius 1 is 1.02 bits per heavy atom. The second kappa shape index (κ2) is 11.7. The Morgan fingerprint density at radius 3 is 2.46 bits per heavy atom. The monoisotopic (exact) mass is 598 g/mol. The van der Waals surface area contributed by atoms with Gasteiger partial charge in [-0.25, -0.2) is 9.59 Å². The molecule has 8 nitrogen and oxygen atoms in total. The summed E-state index contributed by atoms with van der Waals surface area (Å²) in [6.45, 7) is 6.52. The first-order chi connectivity index (χ1) is 19.5. The van der Waals surface area contributed by atoms with E-state index >= 15 is 0 Å². The molecule has 0 saturated carbocycles. The van der Waals surface area contributed by atoms with Gasteiger partial charge in [-0.15, -0.1) is 0 Å². The molecule has 0 spiro atoms. The second-order valence-corrected chi connectivity index (χ2v) is 11.9. The SMILES string of the molecule is COC(=O)C1Cc2cc3c(cc2CN1C(=O)OC(C)(C)C)OC(c1ccc(OCc2ccc(Cl)c(Cl)c2)cc1)CN3. The van der Waals surface area contributed by atoms with Gasteiger partial charge in [0, 0.05) is 6.42 Å². The zero-order valence-corrected chi connectivity index (χ0v) is 24.8. The number of rotatable bonds is 5. The Morgan fingerprint density at radius 2 is 1.78 bits per heavy atom. The first-order valence-corrected chi connectivity index (χ1v) is 14.1. The molecular weight excluding hydrogens is 567 g/mol. The first kappa shape index (κ1) is 28.9. The third kappa shape index (κ3) is 6.66. The minimum Gasteiger partial charge on any atom is -0.489 e. The normalized spacial score (nSPS) is 17.9. The molecule has 0 aromatic heterocycles. The summed E-state index contributed by atoms with van der Waals surface area (Å²) in [5.74, 6) is 0.925. The number of amides is 1. The third-order valence-electron chi connectivity index (χ3n) is 6.92. The Kier molecular flexibility index (Phi) is 8.25. The van der Waals surface area contributed by atoms with Crippen molar-refractivity contribution in [3.63, 3.8) is 0 Å². The molecule has 2 aliphatic heterocycles. The first-order valence-electron chi connectivity index (χ1n) is 13.3. The predicted molar refractivity (Wildman–Crippen MR) is 157 cm³/mol. The van der Waals surface area contributed by atoms with E-state index < -0.39 is 23.7 Å². The number of anilines is 1. The highest BCUT2D eigenvalue weighted by Gasteiger charge is 2.38. The van der Waals surface area contributed by atoms with Crippen molar-refractivity contribution in [2.75, 3.05) is 19.0 Å². The lowest BCUT2D eigenvalue weighted by Crippen LogP contribution is -2.50. The summed E-state index contributed by atoms with van der Waals surface area (Å²) in [7, 11) is 1.32. The van der Waals surface area contributed by atoms with Gasteiger partial charge in [0.25, 0.3) is 0 Å². The highest BCUT2D eigenvalue weighted by atomic mass is 35.5. The summed E-state index contributed by atoms with van der Waals surface area (Å²) in [5.41, 5.74) is 3.91.